The van der Waals surface area contributed by atoms with Crippen molar-refractivity contribution in [3.8, 4) is 5.75 Å². The molecule has 2 atom stereocenters. The van der Waals surface area contributed by atoms with Crippen LogP contribution in [0.4, 0.5) is 0 Å². The van der Waals surface area contributed by atoms with E-state index in [0.717, 1.165) is 36.4 Å². The van der Waals surface area contributed by atoms with E-state index in [0.29, 0.717) is 24.1 Å². The van der Waals surface area contributed by atoms with Crippen molar-refractivity contribution in [3.05, 3.63) is 41.3 Å². The molecule has 1 N–H and O–H groups in total. The molecule has 6 heteroatoms. The number of hydrogen-bond acceptors (Lipinski definition) is 4. The predicted molar refractivity (Wildman–Crippen MR) is 106 cm³/mol. The fourth-order valence-electron chi connectivity index (χ4n) is 5.55. The number of H-pyrrole nitrogens is 1. The Balaban J connectivity index is 1.34. The summed E-state index contributed by atoms with van der Waals surface area (Å²) in [7, 11) is 0. The normalized spacial score (nSPS) is 32.2. The first kappa shape index (κ1) is 16.6. The maximum Gasteiger partial charge on any atom is 0.276 e. The van der Waals surface area contributed by atoms with Gasteiger partial charge in [0, 0.05) is 36.2 Å². The highest BCUT2D eigenvalue weighted by Gasteiger charge is 2.61. The van der Waals surface area contributed by atoms with Crippen LogP contribution in [0.2, 0.25) is 0 Å². The van der Waals surface area contributed by atoms with Crippen LogP contribution in [0, 0.1) is 5.41 Å². The Morgan fingerprint density at radius 3 is 2.82 bits per heavy atom. The fraction of sp³-hybridized carbons (Fsp3) is 0.545. The van der Waals surface area contributed by atoms with Gasteiger partial charge in [-0.3, -0.25) is 14.8 Å². The van der Waals surface area contributed by atoms with Crippen LogP contribution >= 0.6 is 0 Å². The molecule has 6 rings (SSSR count). The van der Waals surface area contributed by atoms with Crippen molar-refractivity contribution < 1.29 is 9.53 Å². The van der Waals surface area contributed by atoms with Crippen molar-refractivity contribution in [1.82, 2.24) is 20.0 Å². The number of carbonyl (C=O) groups excluding carboxylic acids is 1. The van der Waals surface area contributed by atoms with Gasteiger partial charge < -0.3 is 9.64 Å². The lowest BCUT2D eigenvalue weighted by Gasteiger charge is -2.68. The largest absolute Gasteiger partial charge is 0.484 e. The van der Waals surface area contributed by atoms with Gasteiger partial charge in [0.1, 0.15) is 12.3 Å². The number of amides is 1. The van der Waals surface area contributed by atoms with Gasteiger partial charge in [-0.2, -0.15) is 5.10 Å². The molecule has 2 aliphatic carbocycles. The molecule has 2 saturated heterocycles. The number of rotatable bonds is 1. The summed E-state index contributed by atoms with van der Waals surface area (Å²) in [6, 6.07) is 0.348. The van der Waals surface area contributed by atoms with E-state index in [9.17, 15) is 4.79 Å². The van der Waals surface area contributed by atoms with Crippen molar-refractivity contribution in [2.75, 3.05) is 26.2 Å². The molecule has 1 amide bonds. The van der Waals surface area contributed by atoms with Crippen LogP contribution in [0.25, 0.3) is 5.57 Å². The van der Waals surface area contributed by atoms with E-state index in [1.807, 2.05) is 0 Å². The van der Waals surface area contributed by atoms with Crippen molar-refractivity contribution in [2.45, 2.75) is 44.7 Å². The molecule has 1 aromatic rings. The average molecular weight is 378 g/mol. The van der Waals surface area contributed by atoms with Gasteiger partial charge in [-0.1, -0.05) is 38.2 Å². The maximum atomic E-state index is 13.4. The van der Waals surface area contributed by atoms with Crippen LogP contribution in [0.1, 0.15) is 49.3 Å². The highest BCUT2D eigenvalue weighted by Crippen LogP contribution is 2.52. The summed E-state index contributed by atoms with van der Waals surface area (Å²) in [5.74, 6) is 0.660. The molecule has 2 unspecified atom stereocenters. The van der Waals surface area contributed by atoms with Crippen molar-refractivity contribution in [1.29, 1.82) is 0 Å². The Morgan fingerprint density at radius 1 is 1.21 bits per heavy atom. The zero-order valence-electron chi connectivity index (χ0n) is 16.5. The molecular weight excluding hydrogens is 352 g/mol. The minimum absolute atomic E-state index is 0.00650. The first-order valence-corrected chi connectivity index (χ1v) is 10.4. The lowest BCUT2D eigenvalue weighted by atomic mass is 9.61. The summed E-state index contributed by atoms with van der Waals surface area (Å²) in [5, 5.41) is 7.52. The van der Waals surface area contributed by atoms with Crippen molar-refractivity contribution in [2.24, 2.45) is 5.41 Å². The van der Waals surface area contributed by atoms with Gasteiger partial charge in [-0.15, -0.1) is 0 Å². The summed E-state index contributed by atoms with van der Waals surface area (Å²) in [6.07, 6.45) is 12.2. The number of nitrogens with one attached hydrogen (secondary N) is 1. The van der Waals surface area contributed by atoms with Crippen molar-refractivity contribution in [3.63, 3.8) is 0 Å². The molecule has 146 valence electrons. The molecule has 0 bridgehead atoms. The SMILES string of the molecule is CC1(C)C=CC2=C(C=C1)c1n[nH]c(C(=O)N3CCN4CCC45CCC35)c1OC2. The third kappa shape index (κ3) is 2.07. The lowest BCUT2D eigenvalue weighted by Crippen LogP contribution is -2.79. The molecule has 3 fully saturated rings. The lowest BCUT2D eigenvalue weighted by molar-refractivity contribution is -0.161. The summed E-state index contributed by atoms with van der Waals surface area (Å²) in [4.78, 5) is 18.1. The van der Waals surface area contributed by atoms with E-state index >= 15 is 0 Å². The monoisotopic (exact) mass is 378 g/mol. The fourth-order valence-corrected chi connectivity index (χ4v) is 5.55. The number of ether oxygens (including phenoxy) is 1. The summed E-state index contributed by atoms with van der Waals surface area (Å²) in [5.41, 5.74) is 3.70. The molecule has 6 nitrogen and oxygen atoms in total. The van der Waals surface area contributed by atoms with Gasteiger partial charge >= 0.3 is 0 Å². The number of carbonyl (C=O) groups is 1. The molecule has 3 aliphatic heterocycles. The first-order chi connectivity index (χ1) is 13.5. The summed E-state index contributed by atoms with van der Waals surface area (Å²) < 4.78 is 6.05. The van der Waals surface area contributed by atoms with Gasteiger partial charge in [-0.05, 0) is 24.8 Å². The van der Waals surface area contributed by atoms with Crippen molar-refractivity contribution >= 4 is 11.5 Å². The predicted octanol–water partition coefficient (Wildman–Crippen LogP) is 2.77. The molecular formula is C22H26N4O2. The average Bonchev–Trinajstić information content (AvgIpc) is 2.98. The number of aromatic amines is 1. The number of nitrogens with zero attached hydrogens (tertiary/aromatic N) is 3. The van der Waals surface area contributed by atoms with Gasteiger partial charge in [0.05, 0.1) is 6.04 Å². The Hall–Kier alpha value is -2.34. The Morgan fingerprint density at radius 2 is 2.07 bits per heavy atom. The second-order valence-electron chi connectivity index (χ2n) is 9.39. The van der Waals surface area contributed by atoms with Gasteiger partial charge in [0.25, 0.3) is 5.91 Å². The third-order valence-electron chi connectivity index (χ3n) is 7.47. The second kappa shape index (κ2) is 5.38. The molecule has 28 heavy (non-hydrogen) atoms. The number of hydrogen-bond donors (Lipinski definition) is 1. The molecule has 5 aliphatic rings. The number of aromatic nitrogens is 2. The number of allylic oxidation sites excluding steroid dienone is 4. The summed E-state index contributed by atoms with van der Waals surface area (Å²) >= 11 is 0. The van der Waals surface area contributed by atoms with Crippen LogP contribution in [0.15, 0.2) is 29.9 Å². The topological polar surface area (TPSA) is 61.5 Å². The minimum Gasteiger partial charge on any atom is -0.484 e. The highest BCUT2D eigenvalue weighted by atomic mass is 16.5. The van der Waals surface area contributed by atoms with Crippen LogP contribution < -0.4 is 4.74 Å². The Labute approximate surface area is 164 Å². The van der Waals surface area contributed by atoms with E-state index < -0.39 is 0 Å². The van der Waals surface area contributed by atoms with E-state index in [1.165, 1.54) is 19.4 Å². The van der Waals surface area contributed by atoms with Crippen LogP contribution in [-0.2, 0) is 0 Å². The standard InChI is InChI=1S/C22H26N4O2/c1-21(2)6-3-14-13-28-19-17(15(14)4-7-21)23-24-18(19)20(27)26-12-11-25-10-9-22(25)8-5-16(22)26/h3-4,6-7,16H,5,8-13H2,1-2H3,(H,23,24). The molecule has 0 radical (unpaired) electrons. The van der Waals surface area contributed by atoms with Crippen LogP contribution in [0.5, 0.6) is 5.75 Å². The Kier molecular flexibility index (Phi) is 3.19. The third-order valence-corrected chi connectivity index (χ3v) is 7.47. The number of fused-ring (bicyclic) bond motifs is 2. The Bertz CT molecular complexity index is 965. The quantitative estimate of drug-likeness (QED) is 0.816. The van der Waals surface area contributed by atoms with Gasteiger partial charge in [0.2, 0.25) is 0 Å². The van der Waals surface area contributed by atoms with E-state index in [2.05, 4.69) is 58.1 Å². The van der Waals surface area contributed by atoms with Crippen LogP contribution in [0.3, 0.4) is 0 Å². The maximum absolute atomic E-state index is 13.4. The van der Waals surface area contributed by atoms with Gasteiger partial charge in [0.15, 0.2) is 11.4 Å². The van der Waals surface area contributed by atoms with E-state index in [-0.39, 0.29) is 16.9 Å². The zero-order valence-corrected chi connectivity index (χ0v) is 16.5. The summed E-state index contributed by atoms with van der Waals surface area (Å²) in [6.45, 7) is 7.79. The van der Waals surface area contributed by atoms with Gasteiger partial charge in [-0.25, -0.2) is 0 Å². The molecule has 1 saturated carbocycles. The number of piperazine rings is 1. The molecule has 1 aromatic heterocycles. The highest BCUT2D eigenvalue weighted by molar-refractivity contribution is 5.98. The smallest absolute Gasteiger partial charge is 0.276 e. The molecule has 0 aromatic carbocycles. The van der Waals surface area contributed by atoms with Crippen LogP contribution in [-0.4, -0.2) is 63.7 Å². The minimum atomic E-state index is -0.00650. The second-order valence-corrected chi connectivity index (χ2v) is 9.39. The zero-order chi connectivity index (χ0) is 19.1. The van der Waals surface area contributed by atoms with E-state index in [4.69, 9.17) is 4.74 Å². The molecule has 4 heterocycles. The molecule has 1 spiro atoms. The first-order valence-electron chi connectivity index (χ1n) is 10.4. The van der Waals surface area contributed by atoms with E-state index in [1.54, 1.807) is 0 Å².